The molecular weight excluding hydrogens is 240 g/mol. The number of nitrogens with zero attached hydrogens (tertiary/aromatic N) is 1. The van der Waals surface area contributed by atoms with Gasteiger partial charge in [0.25, 0.3) is 0 Å². The summed E-state index contributed by atoms with van der Waals surface area (Å²) in [6.45, 7) is 7.34. The van der Waals surface area contributed by atoms with E-state index in [9.17, 15) is 4.79 Å². The van der Waals surface area contributed by atoms with E-state index < -0.39 is 5.54 Å². The third kappa shape index (κ3) is 3.69. The van der Waals surface area contributed by atoms with Crippen LogP contribution in [-0.2, 0) is 9.53 Å². The SMILES string of the molecule is CCCC(C)N(C)C1CCC(NCC)(C(=O)OC)C1. The second kappa shape index (κ2) is 7.25. The zero-order valence-electron chi connectivity index (χ0n) is 13.2. The summed E-state index contributed by atoms with van der Waals surface area (Å²) in [4.78, 5) is 14.5. The highest BCUT2D eigenvalue weighted by Gasteiger charge is 2.47. The summed E-state index contributed by atoms with van der Waals surface area (Å²) in [7, 11) is 3.67. The fourth-order valence-electron chi connectivity index (χ4n) is 3.30. The van der Waals surface area contributed by atoms with E-state index in [0.717, 1.165) is 25.8 Å². The molecule has 0 amide bonds. The smallest absolute Gasteiger partial charge is 0.326 e. The molecule has 0 saturated heterocycles. The van der Waals surface area contributed by atoms with Crippen molar-refractivity contribution in [3.05, 3.63) is 0 Å². The molecule has 3 atom stereocenters. The average molecular weight is 270 g/mol. The molecular formula is C15H30N2O2. The van der Waals surface area contributed by atoms with Gasteiger partial charge in [-0.05, 0) is 46.2 Å². The third-order valence-corrected chi connectivity index (χ3v) is 4.56. The lowest BCUT2D eigenvalue weighted by Crippen LogP contribution is -2.52. The molecule has 4 heteroatoms. The van der Waals surface area contributed by atoms with Gasteiger partial charge in [-0.2, -0.15) is 0 Å². The summed E-state index contributed by atoms with van der Waals surface area (Å²) >= 11 is 0. The van der Waals surface area contributed by atoms with Crippen LogP contribution >= 0.6 is 0 Å². The first-order valence-electron chi connectivity index (χ1n) is 7.56. The Bertz CT molecular complexity index is 296. The van der Waals surface area contributed by atoms with E-state index in [1.54, 1.807) is 0 Å². The Morgan fingerprint density at radius 3 is 2.74 bits per heavy atom. The topological polar surface area (TPSA) is 41.6 Å². The molecule has 1 rings (SSSR count). The lowest BCUT2D eigenvalue weighted by Gasteiger charge is -2.33. The molecule has 1 aliphatic rings. The van der Waals surface area contributed by atoms with Crippen LogP contribution in [0.1, 0.15) is 52.9 Å². The summed E-state index contributed by atoms with van der Waals surface area (Å²) in [5, 5.41) is 3.36. The summed E-state index contributed by atoms with van der Waals surface area (Å²) < 4.78 is 5.01. The van der Waals surface area contributed by atoms with Gasteiger partial charge in [0.2, 0.25) is 0 Å². The molecule has 0 aliphatic heterocycles. The van der Waals surface area contributed by atoms with Gasteiger partial charge in [-0.15, -0.1) is 0 Å². The molecule has 1 fully saturated rings. The van der Waals surface area contributed by atoms with Gasteiger partial charge in [-0.25, -0.2) is 0 Å². The lowest BCUT2D eigenvalue weighted by atomic mass is 9.97. The first-order valence-corrected chi connectivity index (χ1v) is 7.56. The van der Waals surface area contributed by atoms with Gasteiger partial charge < -0.3 is 15.0 Å². The number of methoxy groups -OCH3 is 1. The van der Waals surface area contributed by atoms with Crippen LogP contribution in [0.4, 0.5) is 0 Å². The third-order valence-electron chi connectivity index (χ3n) is 4.56. The molecule has 0 aromatic rings. The number of likely N-dealkylation sites (N-methyl/N-ethyl adjacent to an activating group) is 1. The number of carbonyl (C=O) groups excluding carboxylic acids is 1. The molecule has 0 heterocycles. The van der Waals surface area contributed by atoms with Gasteiger partial charge in [0.05, 0.1) is 7.11 Å². The van der Waals surface area contributed by atoms with Crippen molar-refractivity contribution in [3.8, 4) is 0 Å². The lowest BCUT2D eigenvalue weighted by molar-refractivity contribution is -0.148. The second-order valence-electron chi connectivity index (χ2n) is 5.80. The number of hydrogen-bond acceptors (Lipinski definition) is 4. The highest BCUT2D eigenvalue weighted by Crippen LogP contribution is 2.34. The van der Waals surface area contributed by atoms with Crippen molar-refractivity contribution in [2.75, 3.05) is 20.7 Å². The Balaban J connectivity index is 2.70. The maximum Gasteiger partial charge on any atom is 0.326 e. The largest absolute Gasteiger partial charge is 0.468 e. The minimum atomic E-state index is -0.464. The molecule has 1 aliphatic carbocycles. The van der Waals surface area contributed by atoms with E-state index in [-0.39, 0.29) is 5.97 Å². The monoisotopic (exact) mass is 270 g/mol. The van der Waals surface area contributed by atoms with Gasteiger partial charge in [0.15, 0.2) is 0 Å². The molecule has 19 heavy (non-hydrogen) atoms. The van der Waals surface area contributed by atoms with Crippen molar-refractivity contribution < 1.29 is 9.53 Å². The van der Waals surface area contributed by atoms with E-state index in [4.69, 9.17) is 4.74 Å². The Hall–Kier alpha value is -0.610. The number of hydrogen-bond donors (Lipinski definition) is 1. The standard InChI is InChI=1S/C15H30N2O2/c1-6-8-12(3)17(4)13-9-10-15(11-13,16-7-2)14(18)19-5/h12-13,16H,6-11H2,1-5H3. The second-order valence-corrected chi connectivity index (χ2v) is 5.80. The summed E-state index contributed by atoms with van der Waals surface area (Å²) in [6, 6.07) is 1.05. The summed E-state index contributed by atoms with van der Waals surface area (Å²) in [5.74, 6) is -0.103. The van der Waals surface area contributed by atoms with Crippen molar-refractivity contribution in [2.45, 2.75) is 70.5 Å². The Labute approximate surface area is 117 Å². The molecule has 0 aromatic heterocycles. The highest BCUT2D eigenvalue weighted by atomic mass is 16.5. The number of carbonyl (C=O) groups is 1. The van der Waals surface area contributed by atoms with Crippen molar-refractivity contribution in [1.29, 1.82) is 0 Å². The molecule has 1 saturated carbocycles. The van der Waals surface area contributed by atoms with E-state index in [1.165, 1.54) is 20.0 Å². The first kappa shape index (κ1) is 16.4. The molecule has 0 spiro atoms. The summed E-state index contributed by atoms with van der Waals surface area (Å²) in [5.41, 5.74) is -0.464. The van der Waals surface area contributed by atoms with Crippen LogP contribution in [-0.4, -0.2) is 49.2 Å². The van der Waals surface area contributed by atoms with Crippen LogP contribution in [0.3, 0.4) is 0 Å². The summed E-state index contributed by atoms with van der Waals surface area (Å²) in [6.07, 6.45) is 5.21. The minimum absolute atomic E-state index is 0.103. The predicted octanol–water partition coefficient (Wildman–Crippen LogP) is 2.18. The molecule has 0 radical (unpaired) electrons. The average Bonchev–Trinajstić information content (AvgIpc) is 2.83. The fraction of sp³-hybridized carbons (Fsp3) is 0.933. The number of ether oxygens (including phenoxy) is 1. The van der Waals surface area contributed by atoms with Gasteiger partial charge in [-0.1, -0.05) is 20.3 Å². The van der Waals surface area contributed by atoms with E-state index in [0.29, 0.717) is 12.1 Å². The van der Waals surface area contributed by atoms with Gasteiger partial charge in [-0.3, -0.25) is 4.79 Å². The van der Waals surface area contributed by atoms with Crippen molar-refractivity contribution in [1.82, 2.24) is 10.2 Å². The van der Waals surface area contributed by atoms with Gasteiger partial charge in [0, 0.05) is 12.1 Å². The van der Waals surface area contributed by atoms with Crippen LogP contribution in [0.2, 0.25) is 0 Å². The molecule has 1 N–H and O–H groups in total. The number of rotatable bonds is 7. The molecule has 0 bridgehead atoms. The van der Waals surface area contributed by atoms with Gasteiger partial charge >= 0.3 is 5.97 Å². The van der Waals surface area contributed by atoms with Gasteiger partial charge in [0.1, 0.15) is 5.54 Å². The Morgan fingerprint density at radius 1 is 1.53 bits per heavy atom. The van der Waals surface area contributed by atoms with Crippen LogP contribution < -0.4 is 5.32 Å². The highest BCUT2D eigenvalue weighted by molar-refractivity contribution is 5.81. The van der Waals surface area contributed by atoms with Crippen LogP contribution in [0, 0.1) is 0 Å². The molecule has 112 valence electrons. The number of esters is 1. The van der Waals surface area contributed by atoms with Crippen LogP contribution in [0.15, 0.2) is 0 Å². The normalized spacial score (nSPS) is 28.6. The predicted molar refractivity (Wildman–Crippen MR) is 78.2 cm³/mol. The first-order chi connectivity index (χ1) is 9.00. The van der Waals surface area contributed by atoms with Crippen molar-refractivity contribution in [2.24, 2.45) is 0 Å². The fourth-order valence-corrected chi connectivity index (χ4v) is 3.30. The van der Waals surface area contributed by atoms with Crippen molar-refractivity contribution in [3.63, 3.8) is 0 Å². The van der Waals surface area contributed by atoms with Crippen LogP contribution in [0.5, 0.6) is 0 Å². The quantitative estimate of drug-likeness (QED) is 0.720. The van der Waals surface area contributed by atoms with E-state index >= 15 is 0 Å². The number of nitrogens with one attached hydrogen (secondary N) is 1. The van der Waals surface area contributed by atoms with Crippen LogP contribution in [0.25, 0.3) is 0 Å². The Morgan fingerprint density at radius 2 is 2.21 bits per heavy atom. The maximum atomic E-state index is 12.1. The molecule has 0 aromatic carbocycles. The minimum Gasteiger partial charge on any atom is -0.468 e. The molecule has 3 unspecified atom stereocenters. The maximum absolute atomic E-state index is 12.1. The zero-order chi connectivity index (χ0) is 14.5. The van der Waals surface area contributed by atoms with E-state index in [1.807, 2.05) is 6.92 Å². The zero-order valence-corrected chi connectivity index (χ0v) is 13.2. The van der Waals surface area contributed by atoms with Crippen molar-refractivity contribution >= 4 is 5.97 Å². The Kier molecular flexibility index (Phi) is 6.27. The molecule has 4 nitrogen and oxygen atoms in total. The van der Waals surface area contributed by atoms with E-state index in [2.05, 4.69) is 31.1 Å².